The number of hydrogen-bond donors (Lipinski definition) is 3. The van der Waals surface area contributed by atoms with Crippen LogP contribution in [0.15, 0.2) is 54.9 Å². The van der Waals surface area contributed by atoms with Crippen LogP contribution in [0.2, 0.25) is 10.0 Å². The summed E-state index contributed by atoms with van der Waals surface area (Å²) in [5.74, 6) is -0.0268. The Kier molecular flexibility index (Phi) is 5.35. The predicted octanol–water partition coefficient (Wildman–Crippen LogP) is 4.87. The average Bonchev–Trinajstić information content (AvgIpc) is 2.63. The molecule has 0 fully saturated rings. The number of nitrogens with zero attached hydrogens (tertiary/aromatic N) is 3. The normalized spacial score (nSPS) is 10.2. The fourth-order valence-corrected chi connectivity index (χ4v) is 2.45. The molecule has 3 rings (SSSR count). The van der Waals surface area contributed by atoms with Crippen molar-refractivity contribution in [3.8, 4) is 0 Å². The highest BCUT2D eigenvalue weighted by atomic mass is 35.5. The number of aromatic nitrogens is 2. The van der Waals surface area contributed by atoms with Gasteiger partial charge in [-0.3, -0.25) is 21.0 Å². The lowest BCUT2D eigenvalue weighted by atomic mass is 10.3. The van der Waals surface area contributed by atoms with Crippen LogP contribution in [-0.4, -0.2) is 14.9 Å². The number of hydrogen-bond acceptors (Lipinski definition) is 7. The fourth-order valence-electron chi connectivity index (χ4n) is 2.11. The van der Waals surface area contributed by atoms with Crippen molar-refractivity contribution >= 4 is 51.9 Å². The van der Waals surface area contributed by atoms with E-state index in [4.69, 9.17) is 23.2 Å². The highest BCUT2D eigenvalue weighted by molar-refractivity contribution is 6.35. The van der Waals surface area contributed by atoms with Crippen molar-refractivity contribution < 1.29 is 4.92 Å². The number of para-hydroxylation sites is 1. The van der Waals surface area contributed by atoms with Gasteiger partial charge in [0.15, 0.2) is 0 Å². The average molecular weight is 391 g/mol. The first-order valence-corrected chi connectivity index (χ1v) is 8.08. The van der Waals surface area contributed by atoms with E-state index in [1.807, 2.05) is 18.2 Å². The first-order valence-electron chi connectivity index (χ1n) is 7.33. The molecule has 26 heavy (non-hydrogen) atoms. The van der Waals surface area contributed by atoms with Crippen LogP contribution in [0.4, 0.5) is 28.7 Å². The molecular formula is C16H12Cl2N6O2. The Morgan fingerprint density at radius 2 is 1.69 bits per heavy atom. The monoisotopic (exact) mass is 390 g/mol. The van der Waals surface area contributed by atoms with Crippen LogP contribution in [0.25, 0.3) is 0 Å². The van der Waals surface area contributed by atoms with E-state index in [9.17, 15) is 10.1 Å². The standard InChI is InChI=1S/C16H12Cl2N6O2/c17-10-6-7-12(18)13(8-10)21-15-14(24(25)26)16(20-9-19-15)23-22-11-4-2-1-3-5-11/h1-9,22H,(H2,19,20,21,23). The summed E-state index contributed by atoms with van der Waals surface area (Å²) in [6.07, 6.45) is 1.20. The maximum Gasteiger partial charge on any atom is 0.355 e. The summed E-state index contributed by atoms with van der Waals surface area (Å²) in [7, 11) is 0. The highest BCUT2D eigenvalue weighted by Gasteiger charge is 2.23. The Morgan fingerprint density at radius 3 is 2.42 bits per heavy atom. The first kappa shape index (κ1) is 17.7. The molecule has 0 aliphatic carbocycles. The van der Waals surface area contributed by atoms with Crippen LogP contribution in [0.3, 0.4) is 0 Å². The molecule has 1 heterocycles. The number of rotatable bonds is 6. The second-order valence-electron chi connectivity index (χ2n) is 5.04. The van der Waals surface area contributed by atoms with Gasteiger partial charge in [-0.25, -0.2) is 9.97 Å². The van der Waals surface area contributed by atoms with Crippen LogP contribution in [-0.2, 0) is 0 Å². The molecule has 0 unspecified atom stereocenters. The zero-order chi connectivity index (χ0) is 18.5. The van der Waals surface area contributed by atoms with Gasteiger partial charge >= 0.3 is 5.69 Å². The Hall–Kier alpha value is -3.10. The number of nitrogens with one attached hydrogen (secondary N) is 3. The summed E-state index contributed by atoms with van der Waals surface area (Å²) in [6.45, 7) is 0. The van der Waals surface area contributed by atoms with Crippen molar-refractivity contribution in [1.29, 1.82) is 0 Å². The Morgan fingerprint density at radius 1 is 0.962 bits per heavy atom. The lowest BCUT2D eigenvalue weighted by Gasteiger charge is -2.12. The molecule has 10 heteroatoms. The van der Waals surface area contributed by atoms with E-state index in [1.54, 1.807) is 30.3 Å². The molecule has 2 aromatic carbocycles. The topological polar surface area (TPSA) is 105 Å². The quantitative estimate of drug-likeness (QED) is 0.407. The second-order valence-corrected chi connectivity index (χ2v) is 5.89. The Balaban J connectivity index is 1.91. The number of anilines is 4. The third kappa shape index (κ3) is 4.11. The van der Waals surface area contributed by atoms with Gasteiger partial charge < -0.3 is 5.32 Å². The number of halogens is 2. The summed E-state index contributed by atoms with van der Waals surface area (Å²) in [6, 6.07) is 13.8. The minimum Gasteiger partial charge on any atom is -0.333 e. The van der Waals surface area contributed by atoms with Crippen LogP contribution in [0.1, 0.15) is 0 Å². The summed E-state index contributed by atoms with van der Waals surface area (Å²) >= 11 is 12.0. The van der Waals surface area contributed by atoms with E-state index in [0.29, 0.717) is 21.4 Å². The summed E-state index contributed by atoms with van der Waals surface area (Å²) in [5.41, 5.74) is 6.34. The molecule has 8 nitrogen and oxygen atoms in total. The van der Waals surface area contributed by atoms with Gasteiger partial charge in [-0.1, -0.05) is 41.4 Å². The third-order valence-electron chi connectivity index (χ3n) is 3.29. The molecular weight excluding hydrogens is 379 g/mol. The van der Waals surface area contributed by atoms with Crippen molar-refractivity contribution in [2.24, 2.45) is 0 Å². The van der Waals surface area contributed by atoms with Crippen molar-refractivity contribution in [2.75, 3.05) is 16.2 Å². The van der Waals surface area contributed by atoms with E-state index in [2.05, 4.69) is 26.1 Å². The molecule has 0 atom stereocenters. The summed E-state index contributed by atoms with van der Waals surface area (Å²) < 4.78 is 0. The molecule has 0 saturated heterocycles. The van der Waals surface area contributed by atoms with Gasteiger partial charge in [0, 0.05) is 5.02 Å². The number of nitro groups is 1. The van der Waals surface area contributed by atoms with Gasteiger partial charge in [-0.2, -0.15) is 0 Å². The second kappa shape index (κ2) is 7.85. The highest BCUT2D eigenvalue weighted by Crippen LogP contribution is 2.34. The Labute approximate surface area is 158 Å². The molecule has 132 valence electrons. The molecule has 3 aromatic rings. The minimum atomic E-state index is -0.588. The molecule has 0 aliphatic heterocycles. The van der Waals surface area contributed by atoms with Crippen LogP contribution in [0, 0.1) is 10.1 Å². The minimum absolute atomic E-state index is 0.00509. The lowest BCUT2D eigenvalue weighted by molar-refractivity contribution is -0.383. The lowest BCUT2D eigenvalue weighted by Crippen LogP contribution is -2.13. The van der Waals surface area contributed by atoms with Crippen LogP contribution >= 0.6 is 23.2 Å². The fraction of sp³-hybridized carbons (Fsp3) is 0. The van der Waals surface area contributed by atoms with Crippen molar-refractivity contribution in [1.82, 2.24) is 9.97 Å². The van der Waals surface area contributed by atoms with Crippen LogP contribution in [0.5, 0.6) is 0 Å². The van der Waals surface area contributed by atoms with Gasteiger partial charge in [0.25, 0.3) is 0 Å². The van der Waals surface area contributed by atoms with Crippen LogP contribution < -0.4 is 16.2 Å². The molecule has 0 amide bonds. The van der Waals surface area contributed by atoms with E-state index < -0.39 is 4.92 Å². The molecule has 0 radical (unpaired) electrons. The molecule has 0 spiro atoms. The largest absolute Gasteiger partial charge is 0.355 e. The first-order chi connectivity index (χ1) is 12.5. The molecule has 0 aliphatic rings. The smallest absolute Gasteiger partial charge is 0.333 e. The zero-order valence-electron chi connectivity index (χ0n) is 13.1. The van der Waals surface area contributed by atoms with Gasteiger partial charge in [-0.05, 0) is 30.3 Å². The van der Waals surface area contributed by atoms with Gasteiger partial charge in [0.1, 0.15) is 6.33 Å². The predicted molar refractivity (Wildman–Crippen MR) is 102 cm³/mol. The number of benzene rings is 2. The number of hydrazine groups is 1. The maximum absolute atomic E-state index is 11.6. The van der Waals surface area contributed by atoms with E-state index in [1.165, 1.54) is 6.33 Å². The molecule has 0 bridgehead atoms. The van der Waals surface area contributed by atoms with Gasteiger partial charge in [-0.15, -0.1) is 0 Å². The van der Waals surface area contributed by atoms with Crippen molar-refractivity contribution in [3.63, 3.8) is 0 Å². The summed E-state index contributed by atoms with van der Waals surface area (Å²) in [4.78, 5) is 18.8. The SMILES string of the molecule is O=[N+]([O-])c1c(NNc2ccccc2)ncnc1Nc1cc(Cl)ccc1Cl. The molecule has 0 saturated carbocycles. The summed E-state index contributed by atoms with van der Waals surface area (Å²) in [5, 5.41) is 15.2. The maximum atomic E-state index is 11.6. The van der Waals surface area contributed by atoms with Gasteiger partial charge in [0.2, 0.25) is 11.6 Å². The Bertz CT molecular complexity index is 939. The third-order valence-corrected chi connectivity index (χ3v) is 3.85. The van der Waals surface area contributed by atoms with Crippen molar-refractivity contribution in [3.05, 3.63) is 75.0 Å². The van der Waals surface area contributed by atoms with Crippen molar-refractivity contribution in [2.45, 2.75) is 0 Å². The van der Waals surface area contributed by atoms with Gasteiger partial charge in [0.05, 0.1) is 21.3 Å². The molecule has 1 aromatic heterocycles. The molecule has 3 N–H and O–H groups in total. The zero-order valence-corrected chi connectivity index (χ0v) is 14.6. The van der Waals surface area contributed by atoms with E-state index >= 15 is 0 Å². The van der Waals surface area contributed by atoms with E-state index in [0.717, 1.165) is 0 Å². The van der Waals surface area contributed by atoms with E-state index in [-0.39, 0.29) is 17.3 Å².